The maximum atomic E-state index is 14.2. The quantitative estimate of drug-likeness (QED) is 0.0936. The number of amides is 1. The van der Waals surface area contributed by atoms with E-state index in [4.69, 9.17) is 13.8 Å². The number of aromatic nitrogens is 1. The monoisotopic (exact) mass is 747 g/mol. The van der Waals surface area contributed by atoms with Crippen molar-refractivity contribution in [1.82, 2.24) is 9.88 Å². The molecule has 1 aromatic heterocycles. The van der Waals surface area contributed by atoms with Gasteiger partial charge in [-0.15, -0.1) is 11.3 Å². The molecule has 0 radical (unpaired) electrons. The molecule has 4 aromatic carbocycles. The fraction of sp³-hybridized carbons (Fsp3) is 0.349. The van der Waals surface area contributed by atoms with Gasteiger partial charge in [0.2, 0.25) is 0 Å². The molecule has 6 rings (SSSR count). The Morgan fingerprint density at radius 1 is 0.731 bits per heavy atom. The molecule has 0 unspecified atom stereocenters. The molecule has 272 valence electrons. The van der Waals surface area contributed by atoms with Crippen LogP contribution < -0.4 is 25.6 Å². The van der Waals surface area contributed by atoms with Crippen molar-refractivity contribution < 1.29 is 13.6 Å². The zero-order valence-corrected chi connectivity index (χ0v) is 34.5. The molecule has 0 bridgehead atoms. The first kappa shape index (κ1) is 37.9. The van der Waals surface area contributed by atoms with Gasteiger partial charge in [0.25, 0.3) is 22.5 Å². The first-order valence-electron chi connectivity index (χ1n) is 18.4. The Morgan fingerprint density at radius 2 is 1.15 bits per heavy atom. The van der Waals surface area contributed by atoms with E-state index in [1.54, 1.807) is 0 Å². The van der Waals surface area contributed by atoms with Gasteiger partial charge in [-0.3, -0.25) is 4.79 Å². The highest BCUT2D eigenvalue weighted by atomic mass is 32.1. The van der Waals surface area contributed by atoms with Gasteiger partial charge < -0.3 is 18.7 Å². The lowest BCUT2D eigenvalue weighted by Crippen LogP contribution is -2.70. The van der Waals surface area contributed by atoms with Gasteiger partial charge in [0.1, 0.15) is 12.4 Å². The van der Waals surface area contributed by atoms with Crippen LogP contribution in [0.25, 0.3) is 0 Å². The summed E-state index contributed by atoms with van der Waals surface area (Å²) < 4.78 is 14.5. The van der Waals surface area contributed by atoms with Crippen molar-refractivity contribution in [3.05, 3.63) is 132 Å². The SMILES string of the molecule is CCCN(CO[Si](c1ccccc1)(c1ccccc1)C(C)(C)C)C(=O)c1csc(N2CC(O[Si](c3ccccc3)(c3ccccc3)C(C)(C)C)C2)n1. The first-order valence-corrected chi connectivity index (χ1v) is 23.1. The molecule has 52 heavy (non-hydrogen) atoms. The second kappa shape index (κ2) is 15.6. The molecule has 0 saturated carbocycles. The van der Waals surface area contributed by atoms with Crippen LogP contribution in [0, 0.1) is 0 Å². The molecular weight excluding hydrogens is 695 g/mol. The summed E-state index contributed by atoms with van der Waals surface area (Å²) >= 11 is 1.53. The Balaban J connectivity index is 1.20. The Hall–Kier alpha value is -3.87. The molecule has 5 aromatic rings. The number of benzene rings is 4. The lowest BCUT2D eigenvalue weighted by molar-refractivity contribution is 0.0577. The molecular formula is C43H53N3O3SSi2. The molecule has 0 aliphatic carbocycles. The summed E-state index contributed by atoms with van der Waals surface area (Å²) in [6.07, 6.45) is 0.881. The molecule has 0 atom stereocenters. The Morgan fingerprint density at radius 3 is 1.56 bits per heavy atom. The van der Waals surface area contributed by atoms with Crippen molar-refractivity contribution in [1.29, 1.82) is 0 Å². The Bertz CT molecular complexity index is 1810. The van der Waals surface area contributed by atoms with Gasteiger partial charge in [-0.1, -0.05) is 170 Å². The van der Waals surface area contributed by atoms with Crippen LogP contribution in [0.5, 0.6) is 0 Å². The predicted octanol–water partition coefficient (Wildman–Crippen LogP) is 7.29. The summed E-state index contributed by atoms with van der Waals surface area (Å²) in [6.45, 7) is 18.1. The lowest BCUT2D eigenvalue weighted by atomic mass is 10.2. The van der Waals surface area contributed by atoms with E-state index in [0.29, 0.717) is 12.2 Å². The maximum absolute atomic E-state index is 14.2. The van der Waals surface area contributed by atoms with Gasteiger partial charge in [-0.2, -0.15) is 0 Å². The summed E-state index contributed by atoms with van der Waals surface area (Å²) in [6, 6.07) is 42.7. The van der Waals surface area contributed by atoms with E-state index >= 15 is 0 Å². The van der Waals surface area contributed by atoms with Gasteiger partial charge in [0.05, 0.1) is 6.10 Å². The Labute approximate surface area is 316 Å². The number of nitrogens with zero attached hydrogens (tertiary/aromatic N) is 3. The molecule has 6 nitrogen and oxygen atoms in total. The zero-order valence-electron chi connectivity index (χ0n) is 31.7. The largest absolute Gasteiger partial charge is 0.401 e. The second-order valence-electron chi connectivity index (χ2n) is 15.8. The van der Waals surface area contributed by atoms with E-state index < -0.39 is 16.6 Å². The van der Waals surface area contributed by atoms with Crippen LogP contribution >= 0.6 is 11.3 Å². The van der Waals surface area contributed by atoms with Gasteiger partial charge in [-0.25, -0.2) is 4.98 Å². The number of rotatable bonds is 13. The fourth-order valence-corrected chi connectivity index (χ4v) is 17.7. The van der Waals surface area contributed by atoms with Gasteiger partial charge >= 0.3 is 0 Å². The van der Waals surface area contributed by atoms with Crippen molar-refractivity contribution in [2.75, 3.05) is 31.3 Å². The number of anilines is 1. The number of hydrogen-bond acceptors (Lipinski definition) is 6. The number of carbonyl (C=O) groups excluding carboxylic acids is 1. The molecule has 1 fully saturated rings. The van der Waals surface area contributed by atoms with Crippen LogP contribution in [0.2, 0.25) is 10.1 Å². The summed E-state index contributed by atoms with van der Waals surface area (Å²) in [5, 5.41) is 7.44. The fourth-order valence-electron chi connectivity index (χ4n) is 7.71. The molecule has 1 saturated heterocycles. The van der Waals surface area contributed by atoms with E-state index in [0.717, 1.165) is 24.6 Å². The highest BCUT2D eigenvalue weighted by molar-refractivity contribution is 7.14. The normalized spacial score (nSPS) is 14.2. The minimum absolute atomic E-state index is 0.0609. The highest BCUT2D eigenvalue weighted by Crippen LogP contribution is 2.40. The van der Waals surface area contributed by atoms with E-state index in [9.17, 15) is 4.79 Å². The molecule has 2 heterocycles. The third-order valence-corrected chi connectivity index (χ3v) is 21.2. The second-order valence-corrected chi connectivity index (χ2v) is 25.2. The van der Waals surface area contributed by atoms with E-state index in [1.807, 2.05) is 22.4 Å². The molecule has 0 N–H and O–H groups in total. The number of hydrogen-bond donors (Lipinski definition) is 0. The average Bonchev–Trinajstić information content (AvgIpc) is 3.61. The molecule has 1 aliphatic rings. The van der Waals surface area contributed by atoms with Gasteiger partial charge in [0.15, 0.2) is 5.13 Å². The summed E-state index contributed by atoms with van der Waals surface area (Å²) in [7, 11) is -5.47. The van der Waals surface area contributed by atoms with Crippen molar-refractivity contribution in [3.63, 3.8) is 0 Å². The van der Waals surface area contributed by atoms with Crippen molar-refractivity contribution in [2.24, 2.45) is 0 Å². The standard InChI is InChI=1S/C43H53N3O3SSi2/c1-8-29-45(33-48-51(42(2,3)4,35-21-13-9-14-22-35)36-23-15-10-16-24-36)40(47)39-32-50-41(44-39)46-30-34(31-46)49-52(43(5,6)7,37-25-17-11-18-26-37)38-27-19-12-20-28-38/h9-28,32,34H,8,29-31,33H2,1-7H3. The topological polar surface area (TPSA) is 54.9 Å². The van der Waals surface area contributed by atoms with Crippen LogP contribution in [0.1, 0.15) is 65.4 Å². The first-order chi connectivity index (χ1) is 24.9. The van der Waals surface area contributed by atoms with Crippen LogP contribution in [0.4, 0.5) is 5.13 Å². The number of thiazole rings is 1. The Kier molecular flexibility index (Phi) is 11.4. The van der Waals surface area contributed by atoms with Crippen molar-refractivity contribution >= 4 is 59.8 Å². The third-order valence-electron chi connectivity index (χ3n) is 10.2. The van der Waals surface area contributed by atoms with Crippen molar-refractivity contribution in [3.8, 4) is 0 Å². The van der Waals surface area contributed by atoms with E-state index in [-0.39, 0.29) is 28.8 Å². The van der Waals surface area contributed by atoms with E-state index in [1.165, 1.54) is 32.1 Å². The van der Waals surface area contributed by atoms with Crippen LogP contribution in [-0.4, -0.2) is 64.9 Å². The minimum Gasteiger partial charge on any atom is -0.401 e. The lowest BCUT2D eigenvalue weighted by Gasteiger charge is -2.49. The van der Waals surface area contributed by atoms with E-state index in [2.05, 4.69) is 163 Å². The summed E-state index contributed by atoms with van der Waals surface area (Å²) in [5.74, 6) is -0.0945. The molecule has 1 aliphatic heterocycles. The van der Waals surface area contributed by atoms with Gasteiger partial charge in [0, 0.05) is 25.0 Å². The summed E-state index contributed by atoms with van der Waals surface area (Å²) in [5.41, 5.74) is 0.468. The smallest absolute Gasteiger partial charge is 0.275 e. The highest BCUT2D eigenvalue weighted by Gasteiger charge is 2.53. The van der Waals surface area contributed by atoms with Crippen molar-refractivity contribution in [2.45, 2.75) is 71.1 Å². The predicted molar refractivity (Wildman–Crippen MR) is 222 cm³/mol. The average molecular weight is 748 g/mol. The minimum atomic E-state index is -2.82. The molecule has 9 heteroatoms. The maximum Gasteiger partial charge on any atom is 0.275 e. The van der Waals surface area contributed by atoms with Crippen LogP contribution in [0.3, 0.4) is 0 Å². The molecule has 0 spiro atoms. The summed E-state index contributed by atoms with van der Waals surface area (Å²) in [4.78, 5) is 23.1. The molecule has 1 amide bonds. The number of carbonyl (C=O) groups is 1. The third kappa shape index (κ3) is 7.34. The van der Waals surface area contributed by atoms with Gasteiger partial charge in [-0.05, 0) is 37.2 Å². The van der Waals surface area contributed by atoms with Crippen LogP contribution in [0.15, 0.2) is 127 Å². The van der Waals surface area contributed by atoms with Crippen LogP contribution in [-0.2, 0) is 8.85 Å². The zero-order chi connectivity index (χ0) is 37.0.